The zero-order chi connectivity index (χ0) is 21.3. The Labute approximate surface area is 177 Å². The van der Waals surface area contributed by atoms with E-state index in [9.17, 15) is 14.4 Å². The number of carbonyl (C=O) groups is 3. The SMILES string of the molecule is CC(CC(=O)NC1C2CC3CC(C2)CC1C3)=NNC(=O)C(=O)Nc1ccccc1C. The van der Waals surface area contributed by atoms with Crippen LogP contribution in [0.2, 0.25) is 0 Å². The van der Waals surface area contributed by atoms with Gasteiger partial charge in [0.15, 0.2) is 0 Å². The van der Waals surface area contributed by atoms with Gasteiger partial charge in [-0.15, -0.1) is 0 Å². The first-order valence-electron chi connectivity index (χ1n) is 10.9. The number of nitrogens with zero attached hydrogens (tertiary/aromatic N) is 1. The first-order valence-corrected chi connectivity index (χ1v) is 10.9. The first-order chi connectivity index (χ1) is 14.4. The molecule has 0 aromatic heterocycles. The normalized spacial score (nSPS) is 29.4. The molecular formula is C23H30N4O3. The highest BCUT2D eigenvalue weighted by Crippen LogP contribution is 2.53. The van der Waals surface area contributed by atoms with E-state index in [0.29, 0.717) is 23.2 Å². The Hall–Kier alpha value is -2.70. The molecule has 7 nitrogen and oxygen atoms in total. The Morgan fingerprint density at radius 3 is 2.23 bits per heavy atom. The van der Waals surface area contributed by atoms with Crippen molar-refractivity contribution in [2.45, 2.75) is 58.4 Å². The number of benzene rings is 1. The largest absolute Gasteiger partial charge is 0.352 e. The van der Waals surface area contributed by atoms with E-state index in [1.807, 2.05) is 19.1 Å². The molecule has 1 aromatic rings. The van der Waals surface area contributed by atoms with E-state index in [0.717, 1.165) is 17.4 Å². The summed E-state index contributed by atoms with van der Waals surface area (Å²) in [6.07, 6.45) is 6.49. The topological polar surface area (TPSA) is 99.7 Å². The molecule has 30 heavy (non-hydrogen) atoms. The van der Waals surface area contributed by atoms with Crippen molar-refractivity contribution < 1.29 is 14.4 Å². The zero-order valence-electron chi connectivity index (χ0n) is 17.6. The number of hydrogen-bond donors (Lipinski definition) is 3. The minimum atomic E-state index is -0.862. The summed E-state index contributed by atoms with van der Waals surface area (Å²) in [4.78, 5) is 36.6. The van der Waals surface area contributed by atoms with Crippen LogP contribution in [0.15, 0.2) is 29.4 Å². The van der Waals surface area contributed by atoms with Crippen LogP contribution in [-0.2, 0) is 14.4 Å². The van der Waals surface area contributed by atoms with Gasteiger partial charge in [-0.2, -0.15) is 5.10 Å². The lowest BCUT2D eigenvalue weighted by molar-refractivity contribution is -0.136. The van der Waals surface area contributed by atoms with Crippen molar-refractivity contribution >= 4 is 29.1 Å². The molecule has 0 saturated heterocycles. The number of aryl methyl sites for hydroxylation is 1. The summed E-state index contributed by atoms with van der Waals surface area (Å²) in [7, 11) is 0. The monoisotopic (exact) mass is 410 g/mol. The Bertz CT molecular complexity index is 851. The summed E-state index contributed by atoms with van der Waals surface area (Å²) in [5.74, 6) is 1.25. The van der Waals surface area contributed by atoms with Gasteiger partial charge in [0.1, 0.15) is 0 Å². The fourth-order valence-corrected chi connectivity index (χ4v) is 5.76. The maximum absolute atomic E-state index is 12.5. The van der Waals surface area contributed by atoms with Crippen molar-refractivity contribution in [3.8, 4) is 0 Å². The average Bonchev–Trinajstić information content (AvgIpc) is 2.70. The number of anilines is 1. The summed E-state index contributed by atoms with van der Waals surface area (Å²) in [5, 5.41) is 9.72. The first kappa shape index (κ1) is 20.6. The predicted molar refractivity (Wildman–Crippen MR) is 115 cm³/mol. The molecule has 4 fully saturated rings. The number of rotatable bonds is 5. The van der Waals surface area contributed by atoms with E-state index < -0.39 is 11.8 Å². The maximum atomic E-state index is 12.5. The van der Waals surface area contributed by atoms with Gasteiger partial charge < -0.3 is 10.6 Å². The third-order valence-electron chi connectivity index (χ3n) is 6.92. The molecule has 3 amide bonds. The Morgan fingerprint density at radius 2 is 1.60 bits per heavy atom. The number of para-hydroxylation sites is 1. The van der Waals surface area contributed by atoms with Crippen molar-refractivity contribution in [1.82, 2.24) is 10.7 Å². The van der Waals surface area contributed by atoms with E-state index in [4.69, 9.17) is 0 Å². The van der Waals surface area contributed by atoms with E-state index in [-0.39, 0.29) is 18.4 Å². The molecule has 4 saturated carbocycles. The van der Waals surface area contributed by atoms with Gasteiger partial charge in [0.05, 0.1) is 6.42 Å². The molecule has 0 atom stereocenters. The Balaban J connectivity index is 1.25. The average molecular weight is 411 g/mol. The molecule has 160 valence electrons. The van der Waals surface area contributed by atoms with E-state index in [1.54, 1.807) is 19.1 Å². The summed E-state index contributed by atoms with van der Waals surface area (Å²) >= 11 is 0. The van der Waals surface area contributed by atoms with Gasteiger partial charge in [0.25, 0.3) is 0 Å². The standard InChI is InChI=1S/C23H30N4O3/c1-13-5-3-4-6-19(13)24-22(29)23(30)27-26-14(2)7-20(28)25-21-17-9-15-8-16(11-17)12-18(21)10-15/h3-6,15-18,21H,7-12H2,1-2H3,(H,24,29)(H,25,28)(H,27,30). The summed E-state index contributed by atoms with van der Waals surface area (Å²) in [6.45, 7) is 3.52. The minimum Gasteiger partial charge on any atom is -0.352 e. The van der Waals surface area contributed by atoms with Crippen LogP contribution >= 0.6 is 0 Å². The molecule has 5 rings (SSSR count). The van der Waals surface area contributed by atoms with Crippen LogP contribution in [0.3, 0.4) is 0 Å². The van der Waals surface area contributed by atoms with E-state index >= 15 is 0 Å². The van der Waals surface area contributed by atoms with Crippen LogP contribution in [0.5, 0.6) is 0 Å². The molecular weight excluding hydrogens is 380 g/mol. The lowest BCUT2D eigenvalue weighted by Crippen LogP contribution is -2.56. The van der Waals surface area contributed by atoms with Crippen LogP contribution in [0.4, 0.5) is 5.69 Å². The molecule has 0 spiro atoms. The second kappa shape index (κ2) is 8.58. The quantitative estimate of drug-likeness (QED) is 0.395. The third kappa shape index (κ3) is 4.55. The number of amides is 3. The van der Waals surface area contributed by atoms with Crippen molar-refractivity contribution in [1.29, 1.82) is 0 Å². The highest BCUT2D eigenvalue weighted by Gasteiger charge is 2.48. The van der Waals surface area contributed by atoms with Gasteiger partial charge in [-0.25, -0.2) is 5.43 Å². The van der Waals surface area contributed by atoms with Gasteiger partial charge in [-0.05, 0) is 81.3 Å². The Morgan fingerprint density at radius 1 is 0.967 bits per heavy atom. The molecule has 0 unspecified atom stereocenters. The lowest BCUT2D eigenvalue weighted by atomic mass is 9.54. The fraction of sp³-hybridized carbons (Fsp3) is 0.565. The Kier molecular flexibility index (Phi) is 5.88. The molecule has 7 heteroatoms. The van der Waals surface area contributed by atoms with Crippen molar-refractivity contribution in [3.05, 3.63) is 29.8 Å². The van der Waals surface area contributed by atoms with Crippen LogP contribution in [0.1, 0.15) is 51.0 Å². The molecule has 4 aliphatic carbocycles. The van der Waals surface area contributed by atoms with Gasteiger partial charge in [0.2, 0.25) is 5.91 Å². The van der Waals surface area contributed by atoms with Crippen LogP contribution in [-0.4, -0.2) is 29.5 Å². The molecule has 4 aliphatic rings. The molecule has 0 radical (unpaired) electrons. The number of nitrogens with one attached hydrogen (secondary N) is 3. The lowest BCUT2D eigenvalue weighted by Gasteiger charge is -2.54. The summed E-state index contributed by atoms with van der Waals surface area (Å²) in [6, 6.07) is 7.49. The van der Waals surface area contributed by atoms with Gasteiger partial charge in [-0.1, -0.05) is 18.2 Å². The number of hydrazone groups is 1. The third-order valence-corrected chi connectivity index (χ3v) is 6.92. The second-order valence-corrected chi connectivity index (χ2v) is 9.26. The highest BCUT2D eigenvalue weighted by atomic mass is 16.2. The van der Waals surface area contributed by atoms with Crippen molar-refractivity contribution in [2.75, 3.05) is 5.32 Å². The van der Waals surface area contributed by atoms with Crippen molar-refractivity contribution in [3.63, 3.8) is 0 Å². The van der Waals surface area contributed by atoms with E-state index in [1.165, 1.54) is 32.1 Å². The molecule has 3 N–H and O–H groups in total. The maximum Gasteiger partial charge on any atom is 0.329 e. The second-order valence-electron chi connectivity index (χ2n) is 9.26. The van der Waals surface area contributed by atoms with Gasteiger partial charge in [0, 0.05) is 17.4 Å². The van der Waals surface area contributed by atoms with Crippen molar-refractivity contribution in [2.24, 2.45) is 28.8 Å². The highest BCUT2D eigenvalue weighted by molar-refractivity contribution is 6.39. The zero-order valence-corrected chi connectivity index (χ0v) is 17.6. The fourth-order valence-electron chi connectivity index (χ4n) is 5.76. The molecule has 0 heterocycles. The molecule has 4 bridgehead atoms. The van der Waals surface area contributed by atoms with Crippen LogP contribution in [0.25, 0.3) is 0 Å². The predicted octanol–water partition coefficient (Wildman–Crippen LogP) is 2.76. The smallest absolute Gasteiger partial charge is 0.329 e. The van der Waals surface area contributed by atoms with Crippen LogP contribution < -0.4 is 16.1 Å². The van der Waals surface area contributed by atoms with E-state index in [2.05, 4.69) is 21.2 Å². The molecule has 0 aliphatic heterocycles. The number of carbonyl (C=O) groups excluding carboxylic acids is 3. The summed E-state index contributed by atoms with van der Waals surface area (Å²) < 4.78 is 0. The van der Waals surface area contributed by atoms with Gasteiger partial charge >= 0.3 is 11.8 Å². The number of hydrogen-bond acceptors (Lipinski definition) is 4. The summed E-state index contributed by atoms with van der Waals surface area (Å²) in [5.41, 5.74) is 4.14. The molecule has 1 aromatic carbocycles. The van der Waals surface area contributed by atoms with Crippen LogP contribution in [0, 0.1) is 30.6 Å². The van der Waals surface area contributed by atoms with Gasteiger partial charge in [-0.3, -0.25) is 14.4 Å². The minimum absolute atomic E-state index is 0.0627.